The number of rotatable bonds is 8. The second kappa shape index (κ2) is 13.3. The lowest BCUT2D eigenvalue weighted by atomic mass is 9.51. The van der Waals surface area contributed by atoms with Crippen LogP contribution in [-0.2, 0) is 20.4 Å². The van der Waals surface area contributed by atoms with E-state index in [-0.39, 0.29) is 45.7 Å². The second-order valence-corrected chi connectivity index (χ2v) is 18.0. The summed E-state index contributed by atoms with van der Waals surface area (Å²) in [7, 11) is 1.73. The molecule has 0 N–H and O–H groups in total. The zero-order valence-electron chi connectivity index (χ0n) is 31.7. The van der Waals surface area contributed by atoms with Crippen LogP contribution in [0, 0.1) is 23.7 Å². The van der Waals surface area contributed by atoms with Crippen LogP contribution in [0.1, 0.15) is 116 Å². The van der Waals surface area contributed by atoms with Crippen LogP contribution in [0.15, 0.2) is 47.2 Å². The van der Waals surface area contributed by atoms with Gasteiger partial charge in [-0.25, -0.2) is 14.8 Å². The van der Waals surface area contributed by atoms with Crippen molar-refractivity contribution in [3.63, 3.8) is 0 Å². The van der Waals surface area contributed by atoms with E-state index < -0.39 is 0 Å². The van der Waals surface area contributed by atoms with Gasteiger partial charge in [-0.2, -0.15) is 0 Å². The maximum Gasteiger partial charge on any atom is 0.410 e. The van der Waals surface area contributed by atoms with Crippen LogP contribution in [0.2, 0.25) is 0 Å². The van der Waals surface area contributed by atoms with Crippen LogP contribution in [0.5, 0.6) is 5.75 Å². The van der Waals surface area contributed by atoms with Crippen LogP contribution in [-0.4, -0.2) is 59.7 Å². The van der Waals surface area contributed by atoms with Gasteiger partial charge in [-0.3, -0.25) is 9.69 Å². The van der Waals surface area contributed by atoms with Crippen LogP contribution in [0.25, 0.3) is 11.3 Å². The summed E-state index contributed by atoms with van der Waals surface area (Å²) in [6, 6.07) is 10.7. The number of aromatic nitrogens is 2. The summed E-state index contributed by atoms with van der Waals surface area (Å²) in [5.41, 5.74) is 4.42. The molecule has 9 heteroatoms. The molecule has 1 aromatic carbocycles. The van der Waals surface area contributed by atoms with Crippen molar-refractivity contribution in [3.8, 4) is 17.0 Å². The first-order valence-corrected chi connectivity index (χ1v) is 19.0. The molecule has 1 saturated heterocycles. The molecule has 51 heavy (non-hydrogen) atoms. The number of carbonyl (C=O) groups excluding carboxylic acids is 2. The van der Waals surface area contributed by atoms with E-state index >= 15 is 0 Å². The molecule has 2 aromatic heterocycles. The predicted molar refractivity (Wildman–Crippen MR) is 198 cm³/mol. The number of ether oxygens (including phenoxy) is 2. The highest BCUT2D eigenvalue weighted by atomic mass is 16.6. The standard InChI is InChI=1S/C42H56N4O5/c1-28-22-31(10-13-34(28)49-7)42-18-15-41(16-19-42,17-20-42)27-46(35-23-30(14-21-43-35)33-24-50-37(44-33)39(2,3)4)36(47)29-8-11-32(12-9-29)51-38(48)45-25-40(5,6)26-45/h10,13-14,21-24,29,32H,8-9,11-12,15-20,25-27H2,1-7H3. The molecule has 3 aromatic rings. The summed E-state index contributed by atoms with van der Waals surface area (Å²) in [4.78, 5) is 40.9. The number of fused-ring (bicyclic) bond motifs is 3. The van der Waals surface area contributed by atoms with E-state index in [1.807, 2.05) is 17.0 Å². The Morgan fingerprint density at radius 3 is 2.25 bits per heavy atom. The Bertz CT molecular complexity index is 1730. The third-order valence-corrected chi connectivity index (χ3v) is 12.4. The van der Waals surface area contributed by atoms with Crippen LogP contribution in [0.4, 0.5) is 10.6 Å². The third kappa shape index (κ3) is 7.14. The molecule has 4 aliphatic carbocycles. The number of carbonyl (C=O) groups is 2. The van der Waals surface area contributed by atoms with Gasteiger partial charge >= 0.3 is 6.09 Å². The number of nitrogens with zero attached hydrogens (tertiary/aromatic N) is 4. The average Bonchev–Trinajstić information content (AvgIpc) is 3.62. The minimum absolute atomic E-state index is 0.0433. The van der Waals surface area contributed by atoms with Crippen molar-refractivity contribution in [2.24, 2.45) is 16.7 Å². The van der Waals surface area contributed by atoms with Crippen LogP contribution >= 0.6 is 0 Å². The largest absolute Gasteiger partial charge is 0.496 e. The number of aryl methyl sites for hydroxylation is 1. The summed E-state index contributed by atoms with van der Waals surface area (Å²) < 4.78 is 17.3. The fourth-order valence-corrected chi connectivity index (χ4v) is 9.21. The molecule has 274 valence electrons. The average molecular weight is 697 g/mol. The number of pyridine rings is 1. The first kappa shape index (κ1) is 35.5. The molecule has 0 radical (unpaired) electrons. The maximum absolute atomic E-state index is 14.7. The first-order chi connectivity index (χ1) is 24.2. The smallest absolute Gasteiger partial charge is 0.410 e. The van der Waals surface area contributed by atoms with E-state index in [0.29, 0.717) is 43.9 Å². The van der Waals surface area contributed by atoms with Crippen LogP contribution < -0.4 is 9.64 Å². The van der Waals surface area contributed by atoms with Gasteiger partial charge < -0.3 is 18.8 Å². The Kier molecular flexibility index (Phi) is 9.24. The highest BCUT2D eigenvalue weighted by molar-refractivity contribution is 5.95. The van der Waals surface area contributed by atoms with Crippen molar-refractivity contribution in [3.05, 3.63) is 59.8 Å². The normalized spacial score (nSPS) is 27.1. The summed E-state index contributed by atoms with van der Waals surface area (Å²) in [6.45, 7) is 14.8. The minimum Gasteiger partial charge on any atom is -0.496 e. The Morgan fingerprint density at radius 1 is 0.980 bits per heavy atom. The molecule has 0 spiro atoms. The molecular weight excluding hydrogens is 640 g/mol. The van der Waals surface area contributed by atoms with E-state index in [9.17, 15) is 9.59 Å². The van der Waals surface area contributed by atoms with E-state index in [1.54, 1.807) is 24.5 Å². The van der Waals surface area contributed by atoms with Gasteiger partial charge in [-0.05, 0) is 111 Å². The molecule has 4 saturated carbocycles. The van der Waals surface area contributed by atoms with Gasteiger partial charge in [0, 0.05) is 48.1 Å². The van der Waals surface area contributed by atoms with Gasteiger partial charge in [0.25, 0.3) is 0 Å². The van der Waals surface area contributed by atoms with E-state index in [4.69, 9.17) is 23.9 Å². The number of amides is 2. The third-order valence-electron chi connectivity index (χ3n) is 12.4. The fourth-order valence-electron chi connectivity index (χ4n) is 9.21. The lowest BCUT2D eigenvalue weighted by Crippen LogP contribution is -2.56. The number of likely N-dealkylation sites (tertiary alicyclic amines) is 1. The first-order valence-electron chi connectivity index (χ1n) is 19.0. The summed E-state index contributed by atoms with van der Waals surface area (Å²) in [6.07, 6.45) is 12.5. The topological polar surface area (TPSA) is 98.0 Å². The Hall–Kier alpha value is -3.88. The quantitative estimate of drug-likeness (QED) is 0.232. The molecule has 8 rings (SSSR count). The van der Waals surface area contributed by atoms with Crippen molar-refractivity contribution in [2.75, 3.05) is 31.6 Å². The number of methoxy groups -OCH3 is 1. The SMILES string of the molecule is COc1ccc(C23CCC(CN(C(=O)C4CCC(OC(=O)N5CC(C)(C)C5)CC4)c4cc(-c5coc(C(C)(C)C)n5)ccn4)(CC2)CC3)cc1C. The molecule has 5 fully saturated rings. The Morgan fingerprint density at radius 2 is 1.67 bits per heavy atom. The maximum atomic E-state index is 14.7. The lowest BCUT2D eigenvalue weighted by molar-refractivity contribution is -0.124. The monoisotopic (exact) mass is 696 g/mol. The fraction of sp³-hybridized carbons (Fsp3) is 0.619. The number of hydrogen-bond acceptors (Lipinski definition) is 7. The molecule has 5 aliphatic rings. The molecule has 9 nitrogen and oxygen atoms in total. The Labute approximate surface area is 303 Å². The van der Waals surface area contributed by atoms with Gasteiger partial charge in [0.2, 0.25) is 5.91 Å². The highest BCUT2D eigenvalue weighted by Gasteiger charge is 2.51. The highest BCUT2D eigenvalue weighted by Crippen LogP contribution is 2.58. The molecule has 0 atom stereocenters. The summed E-state index contributed by atoms with van der Waals surface area (Å²) in [5.74, 6) is 2.28. The van der Waals surface area contributed by atoms with Gasteiger partial charge in [-0.15, -0.1) is 0 Å². The number of anilines is 1. The molecule has 0 unspecified atom stereocenters. The van der Waals surface area contributed by atoms with Gasteiger partial charge in [0.1, 0.15) is 29.6 Å². The molecule has 1 aliphatic heterocycles. The minimum atomic E-state index is -0.219. The summed E-state index contributed by atoms with van der Waals surface area (Å²) >= 11 is 0. The van der Waals surface area contributed by atoms with Crippen molar-refractivity contribution in [1.82, 2.24) is 14.9 Å². The van der Waals surface area contributed by atoms with Gasteiger partial charge in [0.15, 0.2) is 5.89 Å². The zero-order chi connectivity index (χ0) is 36.2. The number of hydrogen-bond donors (Lipinski definition) is 0. The van der Waals surface area contributed by atoms with Crippen molar-refractivity contribution in [1.29, 1.82) is 0 Å². The van der Waals surface area contributed by atoms with Crippen molar-refractivity contribution in [2.45, 2.75) is 123 Å². The number of oxazole rings is 1. The van der Waals surface area contributed by atoms with E-state index in [2.05, 4.69) is 59.7 Å². The Balaban J connectivity index is 1.10. The lowest BCUT2D eigenvalue weighted by Gasteiger charge is -2.55. The number of benzene rings is 1. The van der Waals surface area contributed by atoms with E-state index in [0.717, 1.165) is 68.6 Å². The molecule has 3 heterocycles. The van der Waals surface area contributed by atoms with Crippen LogP contribution in [0.3, 0.4) is 0 Å². The zero-order valence-corrected chi connectivity index (χ0v) is 31.7. The van der Waals surface area contributed by atoms with Gasteiger partial charge in [-0.1, -0.05) is 46.8 Å². The predicted octanol–water partition coefficient (Wildman–Crippen LogP) is 9.01. The molecule has 2 bridgehead atoms. The van der Waals surface area contributed by atoms with Crippen molar-refractivity contribution >= 4 is 17.8 Å². The summed E-state index contributed by atoms with van der Waals surface area (Å²) in [5, 5.41) is 0. The van der Waals surface area contributed by atoms with Crippen molar-refractivity contribution < 1.29 is 23.5 Å². The molecular formula is C42H56N4O5. The van der Waals surface area contributed by atoms with Gasteiger partial charge in [0.05, 0.1) is 7.11 Å². The molecule has 2 amide bonds. The van der Waals surface area contributed by atoms with E-state index in [1.165, 1.54) is 11.1 Å². The second-order valence-electron chi connectivity index (χ2n) is 18.0.